The normalized spacial score (nSPS) is 15.5. The van der Waals surface area contributed by atoms with Gasteiger partial charge in [0.15, 0.2) is 0 Å². The van der Waals surface area contributed by atoms with Gasteiger partial charge in [-0.25, -0.2) is 0 Å². The fourth-order valence-corrected chi connectivity index (χ4v) is 4.27. The average molecular weight is 378 g/mol. The molecule has 0 radical (unpaired) electrons. The zero-order chi connectivity index (χ0) is 19.7. The van der Waals surface area contributed by atoms with Crippen LogP contribution in [-0.2, 0) is 20.0 Å². The molecule has 148 valence electrons. The van der Waals surface area contributed by atoms with E-state index in [1.165, 1.54) is 28.0 Å². The summed E-state index contributed by atoms with van der Waals surface area (Å²) in [7, 11) is 2.03. The van der Waals surface area contributed by atoms with Crippen molar-refractivity contribution >= 4 is 16.6 Å². The maximum Gasteiger partial charge on any atom is 0.0726 e. The van der Waals surface area contributed by atoms with Crippen molar-refractivity contribution in [3.8, 4) is 0 Å². The highest BCUT2D eigenvalue weighted by Gasteiger charge is 2.21. The first-order valence-corrected chi connectivity index (χ1v) is 10.4. The van der Waals surface area contributed by atoms with E-state index in [2.05, 4.69) is 66.0 Å². The molecule has 0 saturated carbocycles. The lowest BCUT2D eigenvalue weighted by molar-refractivity contribution is 0.249. The van der Waals surface area contributed by atoms with Crippen molar-refractivity contribution in [2.24, 2.45) is 7.05 Å². The van der Waals surface area contributed by atoms with E-state index in [1.807, 2.05) is 11.7 Å². The number of piperazine rings is 1. The summed E-state index contributed by atoms with van der Waals surface area (Å²) in [6.45, 7) is 11.8. The molecule has 0 amide bonds. The minimum absolute atomic E-state index is 0.998. The zero-order valence-electron chi connectivity index (χ0n) is 17.6. The van der Waals surface area contributed by atoms with Crippen LogP contribution in [0.15, 0.2) is 30.3 Å². The highest BCUT2D eigenvalue weighted by atomic mass is 15.3. The number of anilines is 1. The third-order valence-electron chi connectivity index (χ3n) is 6.01. The van der Waals surface area contributed by atoms with Crippen LogP contribution >= 0.6 is 0 Å². The number of nitrogens with zero attached hydrogens (tertiary/aromatic N) is 5. The Bertz CT molecular complexity index is 967. The number of pyridine rings is 1. The molecule has 0 aliphatic carbocycles. The highest BCUT2D eigenvalue weighted by Crippen LogP contribution is 2.28. The van der Waals surface area contributed by atoms with E-state index in [4.69, 9.17) is 4.98 Å². The number of aromatic nitrogens is 3. The Kier molecular flexibility index (Phi) is 5.36. The van der Waals surface area contributed by atoms with Crippen molar-refractivity contribution in [1.29, 1.82) is 0 Å². The van der Waals surface area contributed by atoms with Crippen LogP contribution in [0.25, 0.3) is 10.9 Å². The number of rotatable bonds is 5. The molecule has 4 rings (SSSR count). The summed E-state index contributed by atoms with van der Waals surface area (Å²) in [5.74, 6) is 0. The van der Waals surface area contributed by atoms with Gasteiger partial charge >= 0.3 is 0 Å². The molecule has 5 nitrogen and oxygen atoms in total. The van der Waals surface area contributed by atoms with Crippen LogP contribution in [0.2, 0.25) is 0 Å². The van der Waals surface area contributed by atoms with E-state index in [-0.39, 0.29) is 0 Å². The summed E-state index contributed by atoms with van der Waals surface area (Å²) in [6.07, 6.45) is 2.17. The largest absolute Gasteiger partial charge is 0.368 e. The van der Waals surface area contributed by atoms with Gasteiger partial charge in [0.1, 0.15) is 0 Å². The third-order valence-corrected chi connectivity index (χ3v) is 6.01. The molecule has 1 fully saturated rings. The standard InChI is InChI=1S/C23H31N5/c1-5-8-19-15-23(20-9-6-7-10-22(20)24-19)28-13-11-27(12-14-28)16-21-17(2)25-26(4)18(21)3/h6-7,9-10,15H,5,8,11-14,16H2,1-4H3. The lowest BCUT2D eigenvalue weighted by Gasteiger charge is -2.36. The fourth-order valence-electron chi connectivity index (χ4n) is 4.27. The van der Waals surface area contributed by atoms with Crippen molar-refractivity contribution in [2.45, 2.75) is 40.2 Å². The Balaban J connectivity index is 1.52. The van der Waals surface area contributed by atoms with Gasteiger partial charge in [-0.15, -0.1) is 0 Å². The minimum atomic E-state index is 0.998. The summed E-state index contributed by atoms with van der Waals surface area (Å²) in [5, 5.41) is 5.85. The Labute approximate surface area is 168 Å². The van der Waals surface area contributed by atoms with Gasteiger partial charge in [-0.2, -0.15) is 5.10 Å². The molecule has 0 atom stereocenters. The SMILES string of the molecule is CCCc1cc(N2CCN(Cc3c(C)nn(C)c3C)CC2)c2ccccc2n1. The van der Waals surface area contributed by atoms with Gasteiger partial charge < -0.3 is 4.90 Å². The lowest BCUT2D eigenvalue weighted by atomic mass is 10.1. The lowest BCUT2D eigenvalue weighted by Crippen LogP contribution is -2.46. The molecule has 1 aliphatic rings. The van der Waals surface area contributed by atoms with Crippen LogP contribution in [0.1, 0.15) is 36.0 Å². The monoisotopic (exact) mass is 377 g/mol. The van der Waals surface area contributed by atoms with Gasteiger partial charge in [0.05, 0.1) is 11.2 Å². The molecule has 0 bridgehead atoms. The van der Waals surface area contributed by atoms with Crippen LogP contribution in [0.3, 0.4) is 0 Å². The average Bonchev–Trinajstić information content (AvgIpc) is 2.94. The third kappa shape index (κ3) is 3.63. The first-order valence-electron chi connectivity index (χ1n) is 10.4. The molecule has 1 saturated heterocycles. The number of fused-ring (bicyclic) bond motifs is 1. The van der Waals surface area contributed by atoms with E-state index >= 15 is 0 Å². The second-order valence-corrected chi connectivity index (χ2v) is 7.94. The Hall–Kier alpha value is -2.40. The molecular weight excluding hydrogens is 346 g/mol. The van der Waals surface area contributed by atoms with Crippen molar-refractivity contribution in [3.63, 3.8) is 0 Å². The molecule has 28 heavy (non-hydrogen) atoms. The molecule has 2 aromatic heterocycles. The summed E-state index contributed by atoms with van der Waals surface area (Å²) in [6, 6.07) is 10.9. The summed E-state index contributed by atoms with van der Waals surface area (Å²) in [4.78, 5) is 9.97. The number of aryl methyl sites for hydroxylation is 3. The predicted octanol–water partition coefficient (Wildman–Crippen LogP) is 3.86. The second kappa shape index (κ2) is 7.92. The highest BCUT2D eigenvalue weighted by molar-refractivity contribution is 5.92. The zero-order valence-corrected chi connectivity index (χ0v) is 17.6. The van der Waals surface area contributed by atoms with Gasteiger partial charge in [-0.1, -0.05) is 31.5 Å². The van der Waals surface area contributed by atoms with Gasteiger partial charge in [-0.3, -0.25) is 14.6 Å². The number of para-hydroxylation sites is 1. The topological polar surface area (TPSA) is 37.2 Å². The van der Waals surface area contributed by atoms with Crippen LogP contribution in [0, 0.1) is 13.8 Å². The molecule has 1 aliphatic heterocycles. The Morgan fingerprint density at radius 1 is 1.04 bits per heavy atom. The maximum absolute atomic E-state index is 4.87. The Morgan fingerprint density at radius 2 is 1.79 bits per heavy atom. The van der Waals surface area contributed by atoms with Gasteiger partial charge in [0, 0.05) is 67.8 Å². The van der Waals surface area contributed by atoms with E-state index in [0.29, 0.717) is 0 Å². The quantitative estimate of drug-likeness (QED) is 0.677. The van der Waals surface area contributed by atoms with Gasteiger partial charge in [0.25, 0.3) is 0 Å². The van der Waals surface area contributed by atoms with Crippen molar-refractivity contribution < 1.29 is 0 Å². The van der Waals surface area contributed by atoms with Crippen molar-refractivity contribution in [3.05, 3.63) is 53.0 Å². The summed E-state index contributed by atoms with van der Waals surface area (Å²) < 4.78 is 2.00. The van der Waals surface area contributed by atoms with E-state index in [0.717, 1.165) is 56.8 Å². The molecule has 3 heterocycles. The minimum Gasteiger partial charge on any atom is -0.368 e. The Morgan fingerprint density at radius 3 is 2.46 bits per heavy atom. The number of benzene rings is 1. The number of hydrogen-bond acceptors (Lipinski definition) is 4. The van der Waals surface area contributed by atoms with Crippen LogP contribution < -0.4 is 4.90 Å². The molecule has 0 unspecified atom stereocenters. The van der Waals surface area contributed by atoms with Crippen LogP contribution in [0.5, 0.6) is 0 Å². The van der Waals surface area contributed by atoms with Crippen molar-refractivity contribution in [2.75, 3.05) is 31.1 Å². The summed E-state index contributed by atoms with van der Waals surface area (Å²) in [5.41, 5.74) is 7.50. The van der Waals surface area contributed by atoms with Crippen LogP contribution in [-0.4, -0.2) is 45.8 Å². The van der Waals surface area contributed by atoms with E-state index < -0.39 is 0 Å². The van der Waals surface area contributed by atoms with Gasteiger partial charge in [-0.05, 0) is 32.4 Å². The smallest absolute Gasteiger partial charge is 0.0726 e. The van der Waals surface area contributed by atoms with Crippen LogP contribution in [0.4, 0.5) is 5.69 Å². The molecule has 5 heteroatoms. The maximum atomic E-state index is 4.87. The second-order valence-electron chi connectivity index (χ2n) is 7.94. The number of hydrogen-bond donors (Lipinski definition) is 0. The fraction of sp³-hybridized carbons (Fsp3) is 0.478. The van der Waals surface area contributed by atoms with Crippen molar-refractivity contribution in [1.82, 2.24) is 19.7 Å². The van der Waals surface area contributed by atoms with E-state index in [1.54, 1.807) is 0 Å². The first kappa shape index (κ1) is 18.9. The van der Waals surface area contributed by atoms with E-state index in [9.17, 15) is 0 Å². The molecule has 3 aromatic rings. The molecule has 0 N–H and O–H groups in total. The predicted molar refractivity (Wildman–Crippen MR) is 116 cm³/mol. The summed E-state index contributed by atoms with van der Waals surface area (Å²) >= 11 is 0. The molecule has 1 aromatic carbocycles. The van der Waals surface area contributed by atoms with Gasteiger partial charge in [0.2, 0.25) is 0 Å². The first-order chi connectivity index (χ1) is 13.6. The molecular formula is C23H31N5. The molecule has 0 spiro atoms.